The minimum atomic E-state index is -0.665. The quantitative estimate of drug-likeness (QED) is 0.534. The molecule has 0 heterocycles. The first-order chi connectivity index (χ1) is 8.28. The molecule has 0 saturated carbocycles. The van der Waals surface area contributed by atoms with E-state index in [2.05, 4.69) is 5.92 Å². The van der Waals surface area contributed by atoms with Gasteiger partial charge >= 0.3 is 5.97 Å². The van der Waals surface area contributed by atoms with Crippen molar-refractivity contribution in [3.05, 3.63) is 0 Å². The van der Waals surface area contributed by atoms with Crippen LogP contribution in [0.5, 0.6) is 0 Å². The van der Waals surface area contributed by atoms with Gasteiger partial charge in [-0.25, -0.2) is 0 Å². The number of rotatable bonds is 6. The maximum atomic E-state index is 11.9. The lowest BCUT2D eigenvalue weighted by Gasteiger charge is -2.29. The van der Waals surface area contributed by atoms with E-state index in [9.17, 15) is 9.59 Å². The maximum Gasteiger partial charge on any atom is 0.312 e. The van der Waals surface area contributed by atoms with Gasteiger partial charge in [-0.3, -0.25) is 9.59 Å². The summed E-state index contributed by atoms with van der Waals surface area (Å²) >= 11 is 0. The number of nitrogens with zero attached hydrogens (tertiary/aromatic N) is 1. The summed E-state index contributed by atoms with van der Waals surface area (Å²) in [6.07, 6.45) is 6.14. The number of terminal acetylenes is 1. The van der Waals surface area contributed by atoms with E-state index < -0.39 is 5.41 Å². The van der Waals surface area contributed by atoms with Crippen LogP contribution in [0.1, 0.15) is 33.6 Å². The summed E-state index contributed by atoms with van der Waals surface area (Å²) in [5.74, 6) is 1.73. The van der Waals surface area contributed by atoms with E-state index in [1.807, 2.05) is 20.8 Å². The van der Waals surface area contributed by atoms with Gasteiger partial charge in [-0.1, -0.05) is 19.8 Å². The zero-order chi connectivity index (χ0) is 14.3. The third-order valence-electron chi connectivity index (χ3n) is 3.18. The number of amides is 1. The summed E-state index contributed by atoms with van der Waals surface area (Å²) in [6.45, 7) is 5.52. The van der Waals surface area contributed by atoms with Crippen LogP contribution in [0.25, 0.3) is 0 Å². The average Bonchev–Trinajstić information content (AvgIpc) is 2.34. The summed E-state index contributed by atoms with van der Waals surface area (Å²) in [5, 5.41) is 0. The second kappa shape index (κ2) is 7.05. The molecule has 0 bridgehead atoms. The van der Waals surface area contributed by atoms with Crippen LogP contribution in [-0.4, -0.2) is 37.5 Å². The van der Waals surface area contributed by atoms with Crippen molar-refractivity contribution >= 4 is 11.9 Å². The van der Waals surface area contributed by atoms with E-state index in [1.54, 1.807) is 14.1 Å². The second-order valence-corrected chi connectivity index (χ2v) is 5.03. The molecule has 0 aromatic carbocycles. The van der Waals surface area contributed by atoms with Crippen LogP contribution in [0.2, 0.25) is 0 Å². The zero-order valence-corrected chi connectivity index (χ0v) is 11.9. The predicted octanol–water partition coefficient (Wildman–Crippen LogP) is 1.69. The standard InChI is InChI=1S/C14H23NO3/c1-7-9-18-13(17)14(4,8-2)10-11(3)12(16)15(5)6/h1,11H,8-10H2,2-6H3. The fourth-order valence-corrected chi connectivity index (χ4v) is 1.86. The highest BCUT2D eigenvalue weighted by molar-refractivity contribution is 5.81. The lowest BCUT2D eigenvalue weighted by Crippen LogP contribution is -2.36. The first-order valence-corrected chi connectivity index (χ1v) is 6.10. The second-order valence-electron chi connectivity index (χ2n) is 5.03. The molecule has 4 heteroatoms. The van der Waals surface area contributed by atoms with Crippen LogP contribution in [0.15, 0.2) is 0 Å². The zero-order valence-electron chi connectivity index (χ0n) is 11.9. The summed E-state index contributed by atoms with van der Waals surface area (Å²) in [6, 6.07) is 0. The number of carbonyl (C=O) groups excluding carboxylic acids is 2. The highest BCUT2D eigenvalue weighted by Gasteiger charge is 2.36. The Kier molecular flexibility index (Phi) is 6.46. The van der Waals surface area contributed by atoms with Crippen molar-refractivity contribution in [1.29, 1.82) is 0 Å². The Morgan fingerprint density at radius 2 is 2.00 bits per heavy atom. The van der Waals surface area contributed by atoms with Gasteiger partial charge in [0.2, 0.25) is 5.91 Å². The van der Waals surface area contributed by atoms with Crippen molar-refractivity contribution in [2.45, 2.75) is 33.6 Å². The average molecular weight is 253 g/mol. The Labute approximate surface area is 110 Å². The fraction of sp³-hybridized carbons (Fsp3) is 0.714. The highest BCUT2D eigenvalue weighted by Crippen LogP contribution is 2.31. The van der Waals surface area contributed by atoms with Crippen molar-refractivity contribution in [2.24, 2.45) is 11.3 Å². The molecule has 0 fully saturated rings. The van der Waals surface area contributed by atoms with Crippen molar-refractivity contribution < 1.29 is 14.3 Å². The molecule has 0 radical (unpaired) electrons. The summed E-state index contributed by atoms with van der Waals surface area (Å²) < 4.78 is 4.99. The van der Waals surface area contributed by atoms with Gasteiger partial charge < -0.3 is 9.64 Å². The third-order valence-corrected chi connectivity index (χ3v) is 3.18. The summed E-state index contributed by atoms with van der Waals surface area (Å²) in [5.41, 5.74) is -0.665. The topological polar surface area (TPSA) is 46.6 Å². The third kappa shape index (κ3) is 4.40. The van der Waals surface area contributed by atoms with Crippen molar-refractivity contribution in [3.8, 4) is 12.3 Å². The molecular weight excluding hydrogens is 230 g/mol. The van der Waals surface area contributed by atoms with E-state index >= 15 is 0 Å². The number of hydrogen-bond acceptors (Lipinski definition) is 3. The molecule has 0 aliphatic heterocycles. The van der Waals surface area contributed by atoms with Crippen LogP contribution in [-0.2, 0) is 14.3 Å². The van der Waals surface area contributed by atoms with Gasteiger partial charge in [0, 0.05) is 20.0 Å². The van der Waals surface area contributed by atoms with E-state index in [-0.39, 0.29) is 24.4 Å². The molecule has 102 valence electrons. The molecular formula is C14H23NO3. The smallest absolute Gasteiger partial charge is 0.312 e. The Bertz CT molecular complexity index is 343. The van der Waals surface area contributed by atoms with E-state index in [4.69, 9.17) is 11.2 Å². The van der Waals surface area contributed by atoms with Crippen LogP contribution >= 0.6 is 0 Å². The molecule has 2 unspecified atom stereocenters. The van der Waals surface area contributed by atoms with Gasteiger partial charge in [0.25, 0.3) is 0 Å². The molecule has 18 heavy (non-hydrogen) atoms. The van der Waals surface area contributed by atoms with Crippen LogP contribution in [0, 0.1) is 23.7 Å². The highest BCUT2D eigenvalue weighted by atomic mass is 16.5. The maximum absolute atomic E-state index is 11.9. The van der Waals surface area contributed by atoms with E-state index in [1.165, 1.54) is 4.90 Å². The molecule has 0 saturated heterocycles. The predicted molar refractivity (Wildman–Crippen MR) is 70.7 cm³/mol. The number of carbonyl (C=O) groups is 2. The molecule has 0 rings (SSSR count). The minimum Gasteiger partial charge on any atom is -0.452 e. The van der Waals surface area contributed by atoms with Crippen LogP contribution in [0.3, 0.4) is 0 Å². The molecule has 0 aromatic rings. The van der Waals surface area contributed by atoms with Gasteiger partial charge in [-0.05, 0) is 19.8 Å². The van der Waals surface area contributed by atoms with Gasteiger partial charge in [0.05, 0.1) is 5.41 Å². The Morgan fingerprint density at radius 1 is 1.44 bits per heavy atom. The first kappa shape index (κ1) is 16.5. The van der Waals surface area contributed by atoms with Crippen LogP contribution in [0.4, 0.5) is 0 Å². The van der Waals surface area contributed by atoms with Gasteiger partial charge in [-0.2, -0.15) is 0 Å². The van der Waals surface area contributed by atoms with E-state index in [0.717, 1.165) is 0 Å². The normalized spacial score (nSPS) is 15.1. The summed E-state index contributed by atoms with van der Waals surface area (Å²) in [4.78, 5) is 25.3. The molecule has 1 amide bonds. The van der Waals surface area contributed by atoms with Gasteiger partial charge in [0.1, 0.15) is 0 Å². The first-order valence-electron chi connectivity index (χ1n) is 6.10. The van der Waals surface area contributed by atoms with Crippen LogP contribution < -0.4 is 0 Å². The number of hydrogen-bond donors (Lipinski definition) is 0. The van der Waals surface area contributed by atoms with Crippen molar-refractivity contribution in [2.75, 3.05) is 20.7 Å². The Morgan fingerprint density at radius 3 is 2.39 bits per heavy atom. The molecule has 0 aliphatic rings. The van der Waals surface area contributed by atoms with Crippen molar-refractivity contribution in [1.82, 2.24) is 4.90 Å². The molecule has 0 aliphatic carbocycles. The molecule has 0 spiro atoms. The largest absolute Gasteiger partial charge is 0.452 e. The van der Waals surface area contributed by atoms with Crippen molar-refractivity contribution in [3.63, 3.8) is 0 Å². The lowest BCUT2D eigenvalue weighted by molar-refractivity contribution is -0.155. The fourth-order valence-electron chi connectivity index (χ4n) is 1.86. The molecule has 4 nitrogen and oxygen atoms in total. The molecule has 0 aromatic heterocycles. The molecule has 0 N–H and O–H groups in total. The monoisotopic (exact) mass is 253 g/mol. The molecule has 2 atom stereocenters. The van der Waals surface area contributed by atoms with E-state index in [0.29, 0.717) is 12.8 Å². The lowest BCUT2D eigenvalue weighted by atomic mass is 9.79. The van der Waals surface area contributed by atoms with Gasteiger partial charge in [0.15, 0.2) is 6.61 Å². The number of esters is 1. The minimum absolute atomic E-state index is 0.0134. The summed E-state index contributed by atoms with van der Waals surface area (Å²) in [7, 11) is 3.41. The Balaban J connectivity index is 4.71. The number of ether oxygens (including phenoxy) is 1. The van der Waals surface area contributed by atoms with Gasteiger partial charge in [-0.15, -0.1) is 6.42 Å². The Hall–Kier alpha value is -1.50. The SMILES string of the molecule is C#CCOC(=O)C(C)(CC)CC(C)C(=O)N(C)C.